The first kappa shape index (κ1) is 18.6. The second kappa shape index (κ2) is 8.46. The fourth-order valence-corrected chi connectivity index (χ4v) is 4.54. The van der Waals surface area contributed by atoms with Crippen LogP contribution in [-0.2, 0) is 20.9 Å². The molecule has 3 rings (SSSR count). The van der Waals surface area contributed by atoms with Crippen molar-refractivity contribution in [3.63, 3.8) is 0 Å². The highest BCUT2D eigenvalue weighted by Gasteiger charge is 2.19. The first-order chi connectivity index (χ1) is 12.6. The molecule has 6 nitrogen and oxygen atoms in total. The lowest BCUT2D eigenvalue weighted by Crippen LogP contribution is -2.39. The van der Waals surface area contributed by atoms with E-state index in [1.807, 2.05) is 17.5 Å². The molecular formula is C18H20N2O4S2. The number of nitrogens with zero attached hydrogens (tertiary/aromatic N) is 2. The van der Waals surface area contributed by atoms with E-state index in [-0.39, 0.29) is 24.6 Å². The zero-order valence-corrected chi connectivity index (χ0v) is 16.1. The van der Waals surface area contributed by atoms with E-state index < -0.39 is 5.97 Å². The summed E-state index contributed by atoms with van der Waals surface area (Å²) in [6.45, 7) is 3.37. The third kappa shape index (κ3) is 4.31. The Bertz CT molecular complexity index is 950. The van der Waals surface area contributed by atoms with E-state index in [4.69, 9.17) is 4.74 Å². The summed E-state index contributed by atoms with van der Waals surface area (Å²) in [5.41, 5.74) is -0.258. The maximum absolute atomic E-state index is 12.8. The largest absolute Gasteiger partial charge is 0.463 e. The molecule has 0 spiro atoms. The lowest BCUT2D eigenvalue weighted by atomic mass is 10.4. The monoisotopic (exact) mass is 392 g/mol. The third-order valence-corrected chi connectivity index (χ3v) is 5.91. The smallest absolute Gasteiger partial charge is 0.333 e. The standard InChI is InChI=1S/C18H20N2O4S2/c1-2-24-17(22)11-16-20(12-15(21)19-7-3-4-8-19)18(23)14(26-16)10-13-6-5-9-25-13/h5-6,9-11H,2-4,7-8,12H2,1H3/b14-10+,16-11+. The zero-order valence-electron chi connectivity index (χ0n) is 14.5. The van der Waals surface area contributed by atoms with Crippen molar-refractivity contribution in [1.29, 1.82) is 0 Å². The summed E-state index contributed by atoms with van der Waals surface area (Å²) in [5, 5.41) is 1.93. The summed E-state index contributed by atoms with van der Waals surface area (Å²) in [6.07, 6.45) is 5.06. The van der Waals surface area contributed by atoms with Crippen LogP contribution in [-0.4, -0.2) is 41.0 Å². The van der Waals surface area contributed by atoms with Gasteiger partial charge in [-0.1, -0.05) is 6.07 Å². The highest BCUT2D eigenvalue weighted by Crippen LogP contribution is 2.09. The molecule has 1 fully saturated rings. The molecule has 2 aromatic rings. The summed E-state index contributed by atoms with van der Waals surface area (Å²) in [4.78, 5) is 39.9. The van der Waals surface area contributed by atoms with E-state index in [2.05, 4.69) is 0 Å². The summed E-state index contributed by atoms with van der Waals surface area (Å²) in [7, 11) is 0. The summed E-state index contributed by atoms with van der Waals surface area (Å²) >= 11 is 2.72. The molecule has 3 heterocycles. The van der Waals surface area contributed by atoms with Gasteiger partial charge in [0.05, 0.1) is 17.2 Å². The predicted octanol–water partition coefficient (Wildman–Crippen LogP) is 0.766. The van der Waals surface area contributed by atoms with Crippen molar-refractivity contribution in [2.75, 3.05) is 19.7 Å². The van der Waals surface area contributed by atoms with E-state index in [1.54, 1.807) is 17.9 Å². The number of aromatic nitrogens is 1. The van der Waals surface area contributed by atoms with Gasteiger partial charge in [0.25, 0.3) is 5.56 Å². The second-order valence-electron chi connectivity index (χ2n) is 5.84. The number of esters is 1. The molecule has 1 saturated heterocycles. The van der Waals surface area contributed by atoms with Gasteiger partial charge in [0.2, 0.25) is 5.91 Å². The van der Waals surface area contributed by atoms with Gasteiger partial charge < -0.3 is 9.64 Å². The van der Waals surface area contributed by atoms with Crippen LogP contribution in [0.25, 0.3) is 12.2 Å². The fraction of sp³-hybridized carbons (Fsp3) is 0.389. The van der Waals surface area contributed by atoms with Crippen molar-refractivity contribution >= 4 is 46.7 Å². The van der Waals surface area contributed by atoms with Gasteiger partial charge in [-0.3, -0.25) is 14.2 Å². The minimum absolute atomic E-state index is 0.0567. The number of rotatable bonds is 5. The molecule has 0 N–H and O–H groups in total. The van der Waals surface area contributed by atoms with Crippen molar-refractivity contribution in [2.45, 2.75) is 26.3 Å². The summed E-state index contributed by atoms with van der Waals surface area (Å²) < 4.78 is 7.26. The maximum atomic E-state index is 12.8. The lowest BCUT2D eigenvalue weighted by Gasteiger charge is -2.15. The SMILES string of the molecule is CCOC(=O)/C=c1/s/c(=C/c2cccs2)c(=O)n1CC(=O)N1CCCC1. The van der Waals surface area contributed by atoms with Crippen molar-refractivity contribution in [3.8, 4) is 0 Å². The molecule has 0 atom stereocenters. The molecule has 0 unspecified atom stereocenters. The number of thiophene rings is 1. The molecule has 2 aromatic heterocycles. The highest BCUT2D eigenvalue weighted by atomic mass is 32.1. The van der Waals surface area contributed by atoms with Gasteiger partial charge in [-0.05, 0) is 37.3 Å². The number of thiazole rings is 1. The zero-order chi connectivity index (χ0) is 18.5. The number of amides is 1. The number of hydrogen-bond donors (Lipinski definition) is 0. The number of hydrogen-bond acceptors (Lipinski definition) is 6. The Morgan fingerprint density at radius 3 is 2.73 bits per heavy atom. The molecule has 0 radical (unpaired) electrons. The minimum Gasteiger partial charge on any atom is -0.463 e. The molecule has 0 saturated carbocycles. The Balaban J connectivity index is 2.02. The van der Waals surface area contributed by atoms with Gasteiger partial charge in [-0.2, -0.15) is 0 Å². The summed E-state index contributed by atoms with van der Waals surface area (Å²) in [6, 6.07) is 3.82. The van der Waals surface area contributed by atoms with Gasteiger partial charge in [-0.15, -0.1) is 22.7 Å². The topological polar surface area (TPSA) is 68.6 Å². The number of carbonyl (C=O) groups excluding carboxylic acids is 2. The number of carbonyl (C=O) groups is 2. The van der Waals surface area contributed by atoms with Gasteiger partial charge in [0.1, 0.15) is 11.2 Å². The van der Waals surface area contributed by atoms with Crippen LogP contribution in [0.1, 0.15) is 24.6 Å². The molecule has 1 amide bonds. The van der Waals surface area contributed by atoms with Crippen molar-refractivity contribution < 1.29 is 14.3 Å². The predicted molar refractivity (Wildman–Crippen MR) is 103 cm³/mol. The van der Waals surface area contributed by atoms with Crippen LogP contribution in [0.5, 0.6) is 0 Å². The Morgan fingerprint density at radius 2 is 2.08 bits per heavy atom. The van der Waals surface area contributed by atoms with Crippen LogP contribution in [0.4, 0.5) is 0 Å². The first-order valence-corrected chi connectivity index (χ1v) is 10.2. The van der Waals surface area contributed by atoms with Crippen molar-refractivity contribution in [3.05, 3.63) is 41.9 Å². The highest BCUT2D eigenvalue weighted by molar-refractivity contribution is 7.11. The summed E-state index contributed by atoms with van der Waals surface area (Å²) in [5.74, 6) is -0.609. The average Bonchev–Trinajstić information content (AvgIpc) is 3.34. The van der Waals surface area contributed by atoms with E-state index in [1.165, 1.54) is 33.3 Å². The van der Waals surface area contributed by atoms with Crippen molar-refractivity contribution in [2.24, 2.45) is 0 Å². The molecular weight excluding hydrogens is 372 g/mol. The average molecular weight is 393 g/mol. The van der Waals surface area contributed by atoms with Crippen LogP contribution >= 0.6 is 22.7 Å². The van der Waals surface area contributed by atoms with Crippen LogP contribution in [0.3, 0.4) is 0 Å². The molecule has 1 aliphatic rings. The van der Waals surface area contributed by atoms with E-state index in [0.29, 0.717) is 9.20 Å². The van der Waals surface area contributed by atoms with Gasteiger partial charge in [0, 0.05) is 18.0 Å². The molecule has 26 heavy (non-hydrogen) atoms. The third-order valence-electron chi connectivity index (χ3n) is 4.03. The van der Waals surface area contributed by atoms with Crippen LogP contribution < -0.4 is 14.8 Å². The fourth-order valence-electron chi connectivity index (χ4n) is 2.78. The number of ether oxygens (including phenoxy) is 1. The Morgan fingerprint density at radius 1 is 1.31 bits per heavy atom. The van der Waals surface area contributed by atoms with E-state index in [9.17, 15) is 14.4 Å². The van der Waals surface area contributed by atoms with Gasteiger partial charge in [0.15, 0.2) is 0 Å². The van der Waals surface area contributed by atoms with Crippen molar-refractivity contribution in [1.82, 2.24) is 9.47 Å². The number of likely N-dealkylation sites (tertiary alicyclic amines) is 1. The molecule has 8 heteroatoms. The quantitative estimate of drug-likeness (QED) is 0.705. The van der Waals surface area contributed by atoms with E-state index in [0.717, 1.165) is 30.8 Å². The van der Waals surface area contributed by atoms with Crippen LogP contribution in [0.2, 0.25) is 0 Å². The molecule has 0 aromatic carbocycles. The van der Waals surface area contributed by atoms with Crippen LogP contribution in [0, 0.1) is 0 Å². The molecule has 0 aliphatic carbocycles. The molecule has 0 bridgehead atoms. The normalized spacial score (nSPS) is 15.7. The molecule has 1 aliphatic heterocycles. The minimum atomic E-state index is -0.515. The first-order valence-electron chi connectivity index (χ1n) is 8.49. The van der Waals surface area contributed by atoms with Crippen LogP contribution in [0.15, 0.2) is 22.3 Å². The molecule has 138 valence electrons. The maximum Gasteiger partial charge on any atom is 0.333 e. The van der Waals surface area contributed by atoms with Gasteiger partial charge >= 0.3 is 5.97 Å². The van der Waals surface area contributed by atoms with Gasteiger partial charge in [-0.25, -0.2) is 4.79 Å². The Labute approximate surface area is 158 Å². The second-order valence-corrected chi connectivity index (χ2v) is 7.88. The Kier molecular flexibility index (Phi) is 6.05. The lowest BCUT2D eigenvalue weighted by molar-refractivity contribution is -0.135. The Hall–Kier alpha value is -2.19. The van der Waals surface area contributed by atoms with E-state index >= 15 is 0 Å².